The van der Waals surface area contributed by atoms with Gasteiger partial charge in [-0.15, -0.1) is 0 Å². The molecule has 108 valence electrons. The van der Waals surface area contributed by atoms with Gasteiger partial charge in [-0.25, -0.2) is 4.98 Å². The fourth-order valence-corrected chi connectivity index (χ4v) is 2.71. The second kappa shape index (κ2) is 6.05. The first kappa shape index (κ1) is 13.8. The molecule has 6 heteroatoms. The number of aromatic nitrogens is 1. The predicted molar refractivity (Wildman–Crippen MR) is 81.4 cm³/mol. The van der Waals surface area contributed by atoms with E-state index in [0.29, 0.717) is 18.8 Å². The summed E-state index contributed by atoms with van der Waals surface area (Å²) < 4.78 is 11.3. The van der Waals surface area contributed by atoms with Gasteiger partial charge in [-0.1, -0.05) is 11.8 Å². The van der Waals surface area contributed by atoms with Crippen LogP contribution < -0.4 is 15.2 Å². The molecule has 1 aromatic carbocycles. The normalized spacial score (nSPS) is 13.5. The molecule has 0 saturated heterocycles. The lowest BCUT2D eigenvalue weighted by atomic mass is 10.3. The maximum Gasteiger partial charge on any atom is 0.162 e. The van der Waals surface area contributed by atoms with Crippen LogP contribution in [-0.2, 0) is 0 Å². The van der Waals surface area contributed by atoms with Crippen LogP contribution >= 0.6 is 11.8 Å². The molecule has 0 spiro atoms. The number of fused-ring (bicyclic) bond motifs is 1. The Labute approximate surface area is 127 Å². The van der Waals surface area contributed by atoms with Crippen LogP contribution in [0.3, 0.4) is 0 Å². The number of nitrogens with one attached hydrogen (secondary N) is 1. The molecule has 1 aliphatic heterocycles. The van der Waals surface area contributed by atoms with Gasteiger partial charge in [-0.05, 0) is 30.3 Å². The fraction of sp³-hybridized carbons (Fsp3) is 0.200. The number of rotatable bonds is 3. The minimum atomic E-state index is 0.0228. The third kappa shape index (κ3) is 3.28. The lowest BCUT2D eigenvalue weighted by molar-refractivity contribution is 0.297. The predicted octanol–water partition coefficient (Wildman–Crippen LogP) is 2.68. The molecule has 0 atom stereocenters. The van der Waals surface area contributed by atoms with E-state index in [0.717, 1.165) is 27.8 Å². The number of nitrogens with two attached hydrogens (primary N) is 1. The van der Waals surface area contributed by atoms with Gasteiger partial charge in [-0.3, -0.25) is 5.41 Å². The van der Waals surface area contributed by atoms with E-state index in [4.69, 9.17) is 20.6 Å². The summed E-state index contributed by atoms with van der Waals surface area (Å²) in [4.78, 5) is 5.33. The van der Waals surface area contributed by atoms with E-state index < -0.39 is 0 Å². The van der Waals surface area contributed by atoms with Crippen molar-refractivity contribution in [3.05, 3.63) is 42.1 Å². The maximum atomic E-state index is 7.35. The Kier molecular flexibility index (Phi) is 3.96. The SMILES string of the molecule is N=C(N)c1ccc(Sc2ccc3c(c2)OCCCO3)nc1. The van der Waals surface area contributed by atoms with Crippen molar-refractivity contribution in [3.8, 4) is 11.5 Å². The number of nitrogen functional groups attached to an aromatic ring is 1. The first-order chi connectivity index (χ1) is 10.2. The van der Waals surface area contributed by atoms with Crippen LogP contribution in [0.4, 0.5) is 0 Å². The molecule has 0 bridgehead atoms. The molecular formula is C15H15N3O2S. The van der Waals surface area contributed by atoms with E-state index in [1.807, 2.05) is 24.3 Å². The first-order valence-corrected chi connectivity index (χ1v) is 7.42. The van der Waals surface area contributed by atoms with E-state index in [1.54, 1.807) is 12.3 Å². The number of ether oxygens (including phenoxy) is 2. The largest absolute Gasteiger partial charge is 0.490 e. The molecule has 0 unspecified atom stereocenters. The van der Waals surface area contributed by atoms with Crippen LogP contribution in [0.15, 0.2) is 46.5 Å². The molecule has 2 heterocycles. The van der Waals surface area contributed by atoms with Crippen LogP contribution in [-0.4, -0.2) is 24.0 Å². The highest BCUT2D eigenvalue weighted by molar-refractivity contribution is 7.99. The molecule has 0 saturated carbocycles. The molecule has 3 N–H and O–H groups in total. The van der Waals surface area contributed by atoms with E-state index in [2.05, 4.69) is 4.98 Å². The smallest absolute Gasteiger partial charge is 0.162 e. The van der Waals surface area contributed by atoms with Crippen LogP contribution in [0.2, 0.25) is 0 Å². The van der Waals surface area contributed by atoms with E-state index in [-0.39, 0.29) is 5.84 Å². The van der Waals surface area contributed by atoms with Crippen molar-refractivity contribution in [1.82, 2.24) is 4.98 Å². The third-order valence-electron chi connectivity index (χ3n) is 2.99. The standard InChI is InChI=1S/C15H15N3O2S/c16-15(17)10-2-5-14(18-9-10)21-11-3-4-12-13(8-11)20-7-1-6-19-12/h2-5,8-9H,1,6-7H2,(H3,16,17). The Bertz CT molecular complexity index is 658. The van der Waals surface area contributed by atoms with Gasteiger partial charge in [0.05, 0.1) is 13.2 Å². The van der Waals surface area contributed by atoms with Crippen molar-refractivity contribution in [1.29, 1.82) is 5.41 Å². The fourth-order valence-electron chi connectivity index (χ4n) is 1.93. The molecule has 3 rings (SSSR count). The molecular weight excluding hydrogens is 286 g/mol. The van der Waals surface area contributed by atoms with Gasteiger partial charge in [0.25, 0.3) is 0 Å². The zero-order chi connectivity index (χ0) is 14.7. The zero-order valence-electron chi connectivity index (χ0n) is 11.3. The molecule has 0 amide bonds. The number of hydrogen-bond acceptors (Lipinski definition) is 5. The molecule has 1 aromatic heterocycles. The number of benzene rings is 1. The van der Waals surface area contributed by atoms with Crippen molar-refractivity contribution < 1.29 is 9.47 Å². The lowest BCUT2D eigenvalue weighted by Gasteiger charge is -2.09. The molecule has 21 heavy (non-hydrogen) atoms. The first-order valence-electron chi connectivity index (χ1n) is 6.60. The molecule has 2 aromatic rings. The highest BCUT2D eigenvalue weighted by Gasteiger charge is 2.11. The Morgan fingerprint density at radius 2 is 1.95 bits per heavy atom. The summed E-state index contributed by atoms with van der Waals surface area (Å²) >= 11 is 1.53. The van der Waals surface area contributed by atoms with Gasteiger partial charge in [0.1, 0.15) is 10.9 Å². The van der Waals surface area contributed by atoms with Crippen LogP contribution in [0.1, 0.15) is 12.0 Å². The average molecular weight is 301 g/mol. The summed E-state index contributed by atoms with van der Waals surface area (Å²) in [6.45, 7) is 1.36. The minimum absolute atomic E-state index is 0.0228. The van der Waals surface area contributed by atoms with Crippen molar-refractivity contribution in [2.45, 2.75) is 16.3 Å². The Morgan fingerprint density at radius 1 is 1.14 bits per heavy atom. The Balaban J connectivity index is 1.78. The molecule has 0 aliphatic carbocycles. The second-order valence-corrected chi connectivity index (χ2v) is 5.65. The summed E-state index contributed by atoms with van der Waals surface area (Å²) in [5.41, 5.74) is 6.04. The van der Waals surface area contributed by atoms with Crippen LogP contribution in [0.25, 0.3) is 0 Å². The van der Waals surface area contributed by atoms with Gasteiger partial charge in [0.2, 0.25) is 0 Å². The van der Waals surface area contributed by atoms with Gasteiger partial charge >= 0.3 is 0 Å². The lowest BCUT2D eigenvalue weighted by Crippen LogP contribution is -2.10. The highest BCUT2D eigenvalue weighted by atomic mass is 32.2. The van der Waals surface area contributed by atoms with Crippen molar-refractivity contribution in [2.75, 3.05) is 13.2 Å². The second-order valence-electron chi connectivity index (χ2n) is 4.56. The van der Waals surface area contributed by atoms with Gasteiger partial charge < -0.3 is 15.2 Å². The maximum absolute atomic E-state index is 7.35. The van der Waals surface area contributed by atoms with Crippen molar-refractivity contribution in [3.63, 3.8) is 0 Å². The quantitative estimate of drug-likeness (QED) is 0.673. The van der Waals surface area contributed by atoms with Crippen molar-refractivity contribution in [2.24, 2.45) is 5.73 Å². The number of pyridine rings is 1. The van der Waals surface area contributed by atoms with Gasteiger partial charge in [0.15, 0.2) is 11.5 Å². The average Bonchev–Trinajstić information content (AvgIpc) is 2.72. The van der Waals surface area contributed by atoms with Gasteiger partial charge in [0, 0.05) is 23.1 Å². The minimum Gasteiger partial charge on any atom is -0.490 e. The van der Waals surface area contributed by atoms with E-state index >= 15 is 0 Å². The van der Waals surface area contributed by atoms with E-state index in [1.165, 1.54) is 11.8 Å². The molecule has 1 aliphatic rings. The summed E-state index contributed by atoms with van der Waals surface area (Å²) in [6.07, 6.45) is 2.50. The Morgan fingerprint density at radius 3 is 2.67 bits per heavy atom. The summed E-state index contributed by atoms with van der Waals surface area (Å²) in [6, 6.07) is 9.52. The van der Waals surface area contributed by atoms with Crippen LogP contribution in [0.5, 0.6) is 11.5 Å². The third-order valence-corrected chi connectivity index (χ3v) is 3.93. The summed E-state index contributed by atoms with van der Waals surface area (Å²) in [5.74, 6) is 1.59. The summed E-state index contributed by atoms with van der Waals surface area (Å²) in [5, 5.41) is 8.19. The highest BCUT2D eigenvalue weighted by Crippen LogP contribution is 2.35. The van der Waals surface area contributed by atoms with Gasteiger partial charge in [-0.2, -0.15) is 0 Å². The number of hydrogen-bond donors (Lipinski definition) is 2. The van der Waals surface area contributed by atoms with E-state index in [9.17, 15) is 0 Å². The molecule has 0 fully saturated rings. The summed E-state index contributed by atoms with van der Waals surface area (Å²) in [7, 11) is 0. The van der Waals surface area contributed by atoms with Crippen molar-refractivity contribution >= 4 is 17.6 Å². The molecule has 5 nitrogen and oxygen atoms in total. The zero-order valence-corrected chi connectivity index (χ0v) is 12.2. The number of nitrogens with zero attached hydrogens (tertiary/aromatic N) is 1. The molecule has 0 radical (unpaired) electrons. The van der Waals surface area contributed by atoms with Crippen LogP contribution in [0, 0.1) is 5.41 Å². The number of amidine groups is 1. The Hall–Kier alpha value is -2.21. The topological polar surface area (TPSA) is 81.2 Å². The monoisotopic (exact) mass is 301 g/mol.